The first kappa shape index (κ1) is 25.0. The molecule has 4 rings (SSSR count). The molecule has 3 aromatic rings. The van der Waals surface area contributed by atoms with E-state index in [9.17, 15) is 27.6 Å². The van der Waals surface area contributed by atoms with Gasteiger partial charge in [0.15, 0.2) is 0 Å². The number of anilines is 1. The molecular formula is C27H24F3N3O3. The van der Waals surface area contributed by atoms with Crippen molar-refractivity contribution >= 4 is 23.4 Å². The molecular weight excluding hydrogens is 471 g/mol. The molecule has 0 unspecified atom stereocenters. The summed E-state index contributed by atoms with van der Waals surface area (Å²) in [6.07, 6.45) is -5.02. The Balaban J connectivity index is 1.31. The molecule has 0 radical (unpaired) electrons. The van der Waals surface area contributed by atoms with Crippen molar-refractivity contribution < 1.29 is 27.6 Å². The lowest BCUT2D eigenvalue weighted by Gasteiger charge is -2.35. The van der Waals surface area contributed by atoms with Crippen LogP contribution in [-0.2, 0) is 15.8 Å². The lowest BCUT2D eigenvalue weighted by molar-refractivity contribution is -0.138. The third kappa shape index (κ3) is 5.91. The van der Waals surface area contributed by atoms with Crippen LogP contribution in [0.4, 0.5) is 18.9 Å². The van der Waals surface area contributed by atoms with Crippen LogP contribution in [0, 0.1) is 0 Å². The number of halogens is 3. The van der Waals surface area contributed by atoms with E-state index >= 15 is 0 Å². The summed E-state index contributed by atoms with van der Waals surface area (Å²) in [7, 11) is 0. The molecule has 1 heterocycles. The van der Waals surface area contributed by atoms with Crippen LogP contribution in [0.5, 0.6) is 0 Å². The molecule has 6 nitrogen and oxygen atoms in total. The van der Waals surface area contributed by atoms with Crippen LogP contribution in [0.1, 0.15) is 22.3 Å². The fourth-order valence-corrected chi connectivity index (χ4v) is 4.11. The Kier molecular flexibility index (Phi) is 7.38. The molecule has 1 N–H and O–H groups in total. The number of nitrogens with one attached hydrogen (secondary N) is 1. The van der Waals surface area contributed by atoms with Crippen LogP contribution in [0.3, 0.4) is 0 Å². The summed E-state index contributed by atoms with van der Waals surface area (Å²) in [6.45, 7) is 0.431. The summed E-state index contributed by atoms with van der Waals surface area (Å²) < 4.78 is 39.8. The van der Waals surface area contributed by atoms with E-state index in [2.05, 4.69) is 5.32 Å². The highest BCUT2D eigenvalue weighted by Crippen LogP contribution is 2.32. The first-order valence-electron chi connectivity index (χ1n) is 11.4. The summed E-state index contributed by atoms with van der Waals surface area (Å²) in [5.41, 5.74) is 1.08. The predicted octanol–water partition coefficient (Wildman–Crippen LogP) is 4.69. The molecule has 9 heteroatoms. The van der Waals surface area contributed by atoms with E-state index in [1.54, 1.807) is 6.07 Å². The van der Waals surface area contributed by atoms with Crippen LogP contribution in [-0.4, -0.2) is 53.7 Å². The van der Waals surface area contributed by atoms with E-state index in [1.165, 1.54) is 21.9 Å². The van der Waals surface area contributed by atoms with E-state index < -0.39 is 35.0 Å². The van der Waals surface area contributed by atoms with Gasteiger partial charge in [-0.15, -0.1) is 0 Å². The summed E-state index contributed by atoms with van der Waals surface area (Å²) in [4.78, 5) is 40.6. The van der Waals surface area contributed by atoms with Crippen molar-refractivity contribution in [3.8, 4) is 11.1 Å². The van der Waals surface area contributed by atoms with Gasteiger partial charge in [-0.3, -0.25) is 14.4 Å². The van der Waals surface area contributed by atoms with Crippen LogP contribution in [0.2, 0.25) is 0 Å². The van der Waals surface area contributed by atoms with Crippen LogP contribution in [0.25, 0.3) is 11.1 Å². The van der Waals surface area contributed by atoms with E-state index in [-0.39, 0.29) is 32.6 Å². The average molecular weight is 496 g/mol. The Labute approximate surface area is 206 Å². The highest BCUT2D eigenvalue weighted by atomic mass is 19.4. The van der Waals surface area contributed by atoms with Crippen LogP contribution < -0.4 is 5.32 Å². The number of rotatable bonds is 5. The number of carbonyl (C=O) groups excluding carboxylic acids is 3. The molecule has 0 aromatic heterocycles. The number of hydrogen-bond donors (Lipinski definition) is 1. The smallest absolute Gasteiger partial charge is 0.339 e. The molecule has 3 amide bonds. The van der Waals surface area contributed by atoms with E-state index in [0.29, 0.717) is 5.69 Å². The second-order valence-corrected chi connectivity index (χ2v) is 8.39. The molecule has 0 bridgehead atoms. The monoisotopic (exact) mass is 495 g/mol. The van der Waals surface area contributed by atoms with Gasteiger partial charge in [-0.1, -0.05) is 54.6 Å². The maximum Gasteiger partial charge on any atom is 0.417 e. The fraction of sp³-hybridized carbons (Fsp3) is 0.222. The molecule has 36 heavy (non-hydrogen) atoms. The topological polar surface area (TPSA) is 69.7 Å². The Bertz CT molecular complexity index is 1250. The van der Waals surface area contributed by atoms with Crippen molar-refractivity contribution in [3.63, 3.8) is 0 Å². The number of carbonyl (C=O) groups is 3. The summed E-state index contributed by atoms with van der Waals surface area (Å²) >= 11 is 0. The van der Waals surface area contributed by atoms with Crippen molar-refractivity contribution in [3.05, 3.63) is 90.0 Å². The van der Waals surface area contributed by atoms with Gasteiger partial charge in [0.25, 0.3) is 5.91 Å². The molecule has 1 aliphatic heterocycles. The third-order valence-corrected chi connectivity index (χ3v) is 5.95. The van der Waals surface area contributed by atoms with E-state index in [1.807, 2.05) is 48.5 Å². The van der Waals surface area contributed by atoms with Crippen molar-refractivity contribution in [2.75, 3.05) is 31.5 Å². The van der Waals surface area contributed by atoms with E-state index in [0.717, 1.165) is 23.3 Å². The van der Waals surface area contributed by atoms with Gasteiger partial charge in [-0.2, -0.15) is 13.2 Å². The van der Waals surface area contributed by atoms with Gasteiger partial charge >= 0.3 is 6.18 Å². The lowest BCUT2D eigenvalue weighted by Crippen LogP contribution is -2.51. The number of piperazine rings is 1. The van der Waals surface area contributed by atoms with Gasteiger partial charge in [0.1, 0.15) is 6.42 Å². The SMILES string of the molecule is O=C(CC(=O)N1CCN(C(=O)c2ccccc2C(F)(F)F)CC1)Nc1cccc(-c2ccccc2)c1. The second kappa shape index (κ2) is 10.6. The van der Waals surface area contributed by atoms with Crippen molar-refractivity contribution in [2.45, 2.75) is 12.6 Å². The number of benzene rings is 3. The number of amides is 3. The predicted molar refractivity (Wildman–Crippen MR) is 129 cm³/mol. The molecule has 0 atom stereocenters. The minimum atomic E-state index is -4.64. The normalized spacial score (nSPS) is 13.9. The highest BCUT2D eigenvalue weighted by Gasteiger charge is 2.36. The standard InChI is InChI=1S/C27H24F3N3O3/c28-27(29,30)23-12-5-4-11-22(23)26(36)33-15-13-32(14-16-33)25(35)18-24(34)31-21-10-6-9-20(17-21)19-7-2-1-3-8-19/h1-12,17H,13-16,18H2,(H,31,34). The number of nitrogens with zero attached hydrogens (tertiary/aromatic N) is 2. The van der Waals surface area contributed by atoms with Crippen molar-refractivity contribution in [2.24, 2.45) is 0 Å². The molecule has 186 valence electrons. The zero-order valence-corrected chi connectivity index (χ0v) is 19.3. The number of alkyl halides is 3. The molecule has 1 saturated heterocycles. The van der Waals surface area contributed by atoms with Gasteiger partial charge in [0.05, 0.1) is 11.1 Å². The van der Waals surface area contributed by atoms with Crippen LogP contribution in [0.15, 0.2) is 78.9 Å². The van der Waals surface area contributed by atoms with Gasteiger partial charge < -0.3 is 15.1 Å². The number of hydrogen-bond acceptors (Lipinski definition) is 3. The zero-order valence-electron chi connectivity index (χ0n) is 19.3. The third-order valence-electron chi connectivity index (χ3n) is 5.95. The minimum absolute atomic E-state index is 0.0809. The Morgan fingerprint density at radius 2 is 1.36 bits per heavy atom. The summed E-state index contributed by atoms with van der Waals surface area (Å²) in [5, 5.41) is 2.73. The highest BCUT2D eigenvalue weighted by molar-refractivity contribution is 6.04. The van der Waals surface area contributed by atoms with Crippen molar-refractivity contribution in [1.29, 1.82) is 0 Å². The average Bonchev–Trinajstić information content (AvgIpc) is 2.88. The Hall–Kier alpha value is -4.14. The van der Waals surface area contributed by atoms with E-state index in [4.69, 9.17) is 0 Å². The Morgan fingerprint density at radius 1 is 0.750 bits per heavy atom. The minimum Gasteiger partial charge on any atom is -0.339 e. The maximum atomic E-state index is 13.3. The summed E-state index contributed by atoms with van der Waals surface area (Å²) in [6, 6.07) is 21.6. The van der Waals surface area contributed by atoms with Gasteiger partial charge in [-0.25, -0.2) is 0 Å². The van der Waals surface area contributed by atoms with Crippen LogP contribution >= 0.6 is 0 Å². The quantitative estimate of drug-likeness (QED) is 0.523. The van der Waals surface area contributed by atoms with Gasteiger partial charge in [0, 0.05) is 31.9 Å². The summed E-state index contributed by atoms with van der Waals surface area (Å²) in [5.74, 6) is -1.61. The zero-order chi connectivity index (χ0) is 25.7. The molecule has 0 aliphatic carbocycles. The van der Waals surface area contributed by atoms with Crippen molar-refractivity contribution in [1.82, 2.24) is 9.80 Å². The van der Waals surface area contributed by atoms with Gasteiger partial charge in [-0.05, 0) is 35.4 Å². The second-order valence-electron chi connectivity index (χ2n) is 8.39. The maximum absolute atomic E-state index is 13.3. The molecule has 3 aromatic carbocycles. The first-order valence-corrected chi connectivity index (χ1v) is 11.4. The first-order chi connectivity index (χ1) is 17.2. The Morgan fingerprint density at radius 3 is 2.06 bits per heavy atom. The molecule has 0 saturated carbocycles. The van der Waals surface area contributed by atoms with Gasteiger partial charge in [0.2, 0.25) is 11.8 Å². The lowest BCUT2D eigenvalue weighted by atomic mass is 10.1. The largest absolute Gasteiger partial charge is 0.417 e. The molecule has 1 aliphatic rings. The molecule has 1 fully saturated rings. The molecule has 0 spiro atoms. The fourth-order valence-electron chi connectivity index (χ4n) is 4.11.